The molecule has 0 bridgehead atoms. The van der Waals surface area contributed by atoms with Gasteiger partial charge in [-0.05, 0) is 6.92 Å². The Morgan fingerprint density at radius 3 is 1.64 bits per heavy atom. The molecule has 0 fully saturated rings. The Bertz CT molecular complexity index is 171. The fourth-order valence-electron chi connectivity index (χ4n) is 0.668. The number of rotatable bonds is 5. The van der Waals surface area contributed by atoms with E-state index in [-0.39, 0.29) is 23.2 Å². The molecule has 0 saturated heterocycles. The number of aliphatic hydroxyl groups is 1. The molecule has 0 aromatic rings. The molecule has 6 N–H and O–H groups in total. The molecule has 0 spiro atoms. The maximum atomic E-state index is 10.1. The number of hydrogen-bond donors (Lipinski definition) is 4. The minimum Gasteiger partial charge on any atom is -0.480 e. The predicted molar refractivity (Wildman–Crippen MR) is 43.5 cm³/mol. The van der Waals surface area contributed by atoms with Crippen molar-refractivity contribution in [1.29, 1.82) is 0 Å². The Hall–Kier alpha value is -0.661. The molecule has 8 heteroatoms. The molecule has 0 heterocycles. The minimum absolute atomic E-state index is 0. The summed E-state index contributed by atoms with van der Waals surface area (Å²) in [6.45, 7) is 0.347. The van der Waals surface area contributed by atoms with E-state index in [1.54, 1.807) is 0 Å². The maximum absolute atomic E-state index is 10.1. The first-order chi connectivity index (χ1) is 5.43. The minimum atomic E-state index is -1.17. The van der Waals surface area contributed by atoms with Crippen LogP contribution in [0, 0.1) is 0 Å². The van der Waals surface area contributed by atoms with Crippen LogP contribution in [0.5, 0.6) is 0 Å². The molecule has 1 atom stereocenters. The average Bonchev–Trinajstić information content (AvgIpc) is 1.83. The van der Waals surface area contributed by atoms with Crippen molar-refractivity contribution >= 4 is 11.9 Å². The molecule has 1 unspecified atom stereocenters. The summed E-state index contributed by atoms with van der Waals surface area (Å²) < 4.78 is 0. The van der Waals surface area contributed by atoms with Crippen LogP contribution in [0.25, 0.3) is 0 Å². The monoisotopic (exact) mass is 250 g/mol. The van der Waals surface area contributed by atoms with E-state index in [1.807, 2.05) is 0 Å². The van der Waals surface area contributed by atoms with E-state index in [0.29, 0.717) is 0 Å². The van der Waals surface area contributed by atoms with Crippen LogP contribution in [0.2, 0.25) is 0 Å². The quantitative estimate of drug-likeness (QED) is 0.361. The van der Waals surface area contributed by atoms with Crippen LogP contribution in [-0.2, 0) is 26.7 Å². The third-order valence-corrected chi connectivity index (χ3v) is 1.21. The molecule has 0 saturated carbocycles. The van der Waals surface area contributed by atoms with Gasteiger partial charge in [0.05, 0.1) is 13.1 Å². The van der Waals surface area contributed by atoms with Crippen LogP contribution in [0.3, 0.4) is 0 Å². The van der Waals surface area contributed by atoms with Crippen molar-refractivity contribution in [3.8, 4) is 0 Å². The van der Waals surface area contributed by atoms with Crippen LogP contribution in [0.4, 0.5) is 0 Å². The molecule has 0 amide bonds. The Morgan fingerprint density at radius 1 is 1.21 bits per heavy atom. The van der Waals surface area contributed by atoms with Gasteiger partial charge in [-0.3, -0.25) is 14.5 Å². The largest absolute Gasteiger partial charge is 0.480 e. The zero-order valence-electron chi connectivity index (χ0n) is 7.66. The first-order valence-electron chi connectivity index (χ1n) is 3.29. The fraction of sp³-hybridized carbons (Fsp3) is 0.667. The molecule has 0 aliphatic carbocycles. The fourth-order valence-corrected chi connectivity index (χ4v) is 0.668. The SMILES string of the molecule is CC(O)N(CC(=O)O)CC(=O)O.N.[Fe]. The second-order valence-electron chi connectivity index (χ2n) is 2.32. The number of aliphatic carboxylic acids is 2. The van der Waals surface area contributed by atoms with Gasteiger partial charge in [-0.15, -0.1) is 0 Å². The number of hydrogen-bond acceptors (Lipinski definition) is 5. The van der Waals surface area contributed by atoms with Gasteiger partial charge in [0.1, 0.15) is 6.23 Å². The molecular formula is C6H14FeN2O5. The van der Waals surface area contributed by atoms with Gasteiger partial charge in [-0.1, -0.05) is 0 Å². The number of carboxylic acid groups (broad SMARTS) is 2. The third kappa shape index (κ3) is 9.43. The predicted octanol–water partition coefficient (Wildman–Crippen LogP) is -1.04. The van der Waals surface area contributed by atoms with Crippen molar-refractivity contribution in [3.63, 3.8) is 0 Å². The summed E-state index contributed by atoms with van der Waals surface area (Å²) in [5.74, 6) is -2.34. The summed E-state index contributed by atoms with van der Waals surface area (Å²) >= 11 is 0. The van der Waals surface area contributed by atoms with Gasteiger partial charge in [0, 0.05) is 17.1 Å². The van der Waals surface area contributed by atoms with Gasteiger partial charge in [0.25, 0.3) is 0 Å². The van der Waals surface area contributed by atoms with Gasteiger partial charge in [-0.2, -0.15) is 0 Å². The van der Waals surface area contributed by atoms with Crippen molar-refractivity contribution in [3.05, 3.63) is 0 Å². The van der Waals surface area contributed by atoms with E-state index < -0.39 is 31.3 Å². The van der Waals surface area contributed by atoms with Gasteiger partial charge >= 0.3 is 11.9 Å². The van der Waals surface area contributed by atoms with Gasteiger partial charge < -0.3 is 21.5 Å². The van der Waals surface area contributed by atoms with Crippen LogP contribution < -0.4 is 6.15 Å². The van der Waals surface area contributed by atoms with E-state index in [2.05, 4.69) is 0 Å². The first-order valence-corrected chi connectivity index (χ1v) is 3.29. The van der Waals surface area contributed by atoms with E-state index in [4.69, 9.17) is 15.3 Å². The molecule has 0 rings (SSSR count). The van der Waals surface area contributed by atoms with Gasteiger partial charge in [-0.25, -0.2) is 0 Å². The number of carbonyl (C=O) groups is 2. The van der Waals surface area contributed by atoms with Crippen molar-refractivity contribution in [1.82, 2.24) is 11.1 Å². The van der Waals surface area contributed by atoms with Crippen molar-refractivity contribution < 1.29 is 42.0 Å². The Morgan fingerprint density at radius 2 is 1.50 bits per heavy atom. The number of nitrogens with zero attached hydrogens (tertiary/aromatic N) is 1. The second kappa shape index (κ2) is 8.92. The van der Waals surface area contributed by atoms with E-state index in [9.17, 15) is 9.59 Å². The molecule has 7 nitrogen and oxygen atoms in total. The summed E-state index contributed by atoms with van der Waals surface area (Å²) in [5.41, 5.74) is 0. The molecule has 0 aliphatic rings. The summed E-state index contributed by atoms with van der Waals surface area (Å²) in [7, 11) is 0. The topological polar surface area (TPSA) is 133 Å². The average molecular weight is 250 g/mol. The summed E-state index contributed by atoms with van der Waals surface area (Å²) in [5, 5.41) is 25.5. The molecular weight excluding hydrogens is 236 g/mol. The third-order valence-electron chi connectivity index (χ3n) is 1.21. The van der Waals surface area contributed by atoms with Crippen LogP contribution >= 0.6 is 0 Å². The molecule has 0 radical (unpaired) electrons. The Labute approximate surface area is 91.8 Å². The van der Waals surface area contributed by atoms with Crippen LogP contribution in [-0.4, -0.2) is 51.5 Å². The normalized spacial score (nSPS) is 11.1. The summed E-state index contributed by atoms with van der Waals surface area (Å²) in [4.78, 5) is 21.2. The molecule has 14 heavy (non-hydrogen) atoms. The second-order valence-corrected chi connectivity index (χ2v) is 2.32. The molecule has 0 aliphatic heterocycles. The number of carboxylic acids is 2. The Balaban J connectivity index is -0.000000605. The van der Waals surface area contributed by atoms with Gasteiger partial charge in [0.2, 0.25) is 0 Å². The zero-order chi connectivity index (χ0) is 9.72. The Kier molecular flexibility index (Phi) is 12.1. The van der Waals surface area contributed by atoms with E-state index in [1.165, 1.54) is 6.92 Å². The van der Waals surface area contributed by atoms with Crippen molar-refractivity contribution in [2.75, 3.05) is 13.1 Å². The van der Waals surface area contributed by atoms with E-state index >= 15 is 0 Å². The maximum Gasteiger partial charge on any atom is 0.317 e. The van der Waals surface area contributed by atoms with Crippen LogP contribution in [0.15, 0.2) is 0 Å². The summed E-state index contributed by atoms with van der Waals surface area (Å²) in [6.07, 6.45) is -1.07. The van der Waals surface area contributed by atoms with Gasteiger partial charge in [0.15, 0.2) is 0 Å². The molecule has 0 aromatic heterocycles. The summed E-state index contributed by atoms with van der Waals surface area (Å²) in [6, 6.07) is 0. The number of aliphatic hydroxyl groups excluding tert-OH is 1. The smallest absolute Gasteiger partial charge is 0.317 e. The molecule has 0 aromatic carbocycles. The standard InChI is InChI=1S/C6H11NO5.Fe.H3N/c1-4(8)7(2-5(9)10)3-6(11)12;;/h4,8H,2-3H2,1H3,(H,9,10)(H,11,12);;1H3. The zero-order valence-corrected chi connectivity index (χ0v) is 8.76. The van der Waals surface area contributed by atoms with Crippen molar-refractivity contribution in [2.45, 2.75) is 13.2 Å². The van der Waals surface area contributed by atoms with E-state index in [0.717, 1.165) is 4.90 Å². The van der Waals surface area contributed by atoms with Crippen molar-refractivity contribution in [2.24, 2.45) is 0 Å². The molecule has 86 valence electrons. The first kappa shape index (κ1) is 19.0. The van der Waals surface area contributed by atoms with Crippen LogP contribution in [0.1, 0.15) is 6.92 Å².